The van der Waals surface area contributed by atoms with Crippen molar-refractivity contribution in [3.63, 3.8) is 0 Å². The number of carbonyl (C=O) groups is 6. The Kier molecular flexibility index (Phi) is 10.5. The SMILES string of the molecule is C=CCNC(=O)C(=O)C(CCC)NC(=O)[C@@H]1[C@@H]2[C@H](CN1C(=O)[C@@H](NC(=O)N[C@H](C(=O)C1CC1)C(C)C)C1Cc3ccccc3C1)C2(C)C. The van der Waals surface area contributed by atoms with Crippen LogP contribution in [0.2, 0.25) is 0 Å². The molecule has 4 aliphatic rings. The van der Waals surface area contributed by atoms with Crippen LogP contribution in [0.1, 0.15) is 71.4 Å². The van der Waals surface area contributed by atoms with Crippen LogP contribution >= 0.6 is 0 Å². The molecule has 5 rings (SSSR count). The lowest BCUT2D eigenvalue weighted by Crippen LogP contribution is -2.61. The number of piperidine rings is 1. The van der Waals surface area contributed by atoms with Crippen LogP contribution in [0.3, 0.4) is 0 Å². The summed E-state index contributed by atoms with van der Waals surface area (Å²) in [5.41, 5.74) is 2.03. The molecule has 6 atom stereocenters. The highest BCUT2D eigenvalue weighted by molar-refractivity contribution is 6.38. The number of hydrogen-bond donors (Lipinski definition) is 4. The summed E-state index contributed by atoms with van der Waals surface area (Å²) in [6.07, 6.45) is 5.11. The molecule has 1 aliphatic heterocycles. The van der Waals surface area contributed by atoms with Crippen molar-refractivity contribution >= 4 is 35.3 Å². The van der Waals surface area contributed by atoms with Gasteiger partial charge in [-0.3, -0.25) is 24.0 Å². The fourth-order valence-electron chi connectivity index (χ4n) is 7.94. The highest BCUT2D eigenvalue weighted by Gasteiger charge is 2.69. The van der Waals surface area contributed by atoms with E-state index in [1.165, 1.54) is 6.08 Å². The number of nitrogens with zero attached hydrogens (tertiary/aromatic N) is 1. The van der Waals surface area contributed by atoms with Gasteiger partial charge in [-0.2, -0.15) is 0 Å². The molecule has 0 bridgehead atoms. The van der Waals surface area contributed by atoms with Crippen molar-refractivity contribution in [2.45, 2.75) is 97.3 Å². The Morgan fingerprint density at radius 2 is 1.65 bits per heavy atom. The van der Waals surface area contributed by atoms with Crippen molar-refractivity contribution in [3.05, 3.63) is 48.0 Å². The molecule has 11 nitrogen and oxygen atoms in total. The Hall–Kier alpha value is -4.02. The Balaban J connectivity index is 1.38. The molecule has 3 fully saturated rings. The van der Waals surface area contributed by atoms with Crippen molar-refractivity contribution in [2.24, 2.45) is 35.0 Å². The van der Waals surface area contributed by atoms with Gasteiger partial charge in [0.25, 0.3) is 5.91 Å². The molecule has 11 heteroatoms. The van der Waals surface area contributed by atoms with E-state index in [2.05, 4.69) is 41.7 Å². The van der Waals surface area contributed by atoms with Crippen molar-refractivity contribution in [1.82, 2.24) is 26.2 Å². The Morgan fingerprint density at radius 1 is 1.00 bits per heavy atom. The number of amides is 5. The van der Waals surface area contributed by atoms with Gasteiger partial charge in [-0.05, 0) is 72.3 Å². The second kappa shape index (κ2) is 14.2. The van der Waals surface area contributed by atoms with Gasteiger partial charge in [-0.15, -0.1) is 6.58 Å². The quantitative estimate of drug-likeness (QED) is 0.168. The van der Waals surface area contributed by atoms with Crippen LogP contribution in [0.25, 0.3) is 0 Å². The Morgan fingerprint density at radius 3 is 2.21 bits per heavy atom. The average Bonchev–Trinajstić information content (AvgIpc) is 3.85. The number of rotatable bonds is 15. The maximum atomic E-state index is 14.7. The molecule has 5 amide bonds. The number of likely N-dealkylation sites (tertiary alicyclic amines) is 1. The first-order valence-corrected chi connectivity index (χ1v) is 17.5. The summed E-state index contributed by atoms with van der Waals surface area (Å²) in [5.74, 6) is -2.82. The normalized spacial score (nSPS) is 24.0. The first kappa shape index (κ1) is 35.3. The molecule has 1 aromatic rings. The number of Topliss-reactive ketones (excluding diaryl/α,β-unsaturated/α-hetero) is 2. The summed E-state index contributed by atoms with van der Waals surface area (Å²) in [6, 6.07) is 3.87. The van der Waals surface area contributed by atoms with Gasteiger partial charge < -0.3 is 26.2 Å². The largest absolute Gasteiger partial charge is 0.346 e. The third-order valence-corrected chi connectivity index (χ3v) is 10.9. The minimum Gasteiger partial charge on any atom is -0.346 e. The first-order chi connectivity index (χ1) is 22.8. The van der Waals surface area contributed by atoms with Crippen LogP contribution in [-0.4, -0.2) is 77.5 Å². The molecule has 3 aliphatic carbocycles. The molecule has 4 N–H and O–H groups in total. The van der Waals surface area contributed by atoms with Crippen molar-refractivity contribution in [1.29, 1.82) is 0 Å². The summed E-state index contributed by atoms with van der Waals surface area (Å²) in [6.45, 7) is 13.8. The summed E-state index contributed by atoms with van der Waals surface area (Å²) >= 11 is 0. The molecule has 260 valence electrons. The van der Waals surface area contributed by atoms with E-state index in [0.717, 1.165) is 24.0 Å². The second-order valence-corrected chi connectivity index (χ2v) is 15.0. The fraction of sp³-hybridized carbons (Fsp3) is 0.622. The predicted octanol–water partition coefficient (Wildman–Crippen LogP) is 2.71. The maximum absolute atomic E-state index is 14.7. The number of benzene rings is 1. The van der Waals surface area contributed by atoms with Gasteiger partial charge in [0.2, 0.25) is 17.6 Å². The van der Waals surface area contributed by atoms with E-state index in [1.807, 2.05) is 45.0 Å². The van der Waals surface area contributed by atoms with Gasteiger partial charge in [0.05, 0.1) is 12.1 Å². The molecule has 1 aromatic carbocycles. The second-order valence-electron chi connectivity index (χ2n) is 15.0. The third kappa shape index (κ3) is 7.20. The number of hydrogen-bond acceptors (Lipinski definition) is 6. The summed E-state index contributed by atoms with van der Waals surface area (Å²) in [4.78, 5) is 82.4. The summed E-state index contributed by atoms with van der Waals surface area (Å²) < 4.78 is 0. The van der Waals surface area contributed by atoms with Gasteiger partial charge in [0.15, 0.2) is 5.78 Å². The van der Waals surface area contributed by atoms with E-state index >= 15 is 0 Å². The van der Waals surface area contributed by atoms with Crippen LogP contribution in [0.15, 0.2) is 36.9 Å². The van der Waals surface area contributed by atoms with Crippen molar-refractivity contribution < 1.29 is 28.8 Å². The van der Waals surface area contributed by atoms with Crippen molar-refractivity contribution in [3.8, 4) is 0 Å². The molecule has 1 heterocycles. The highest BCUT2D eigenvalue weighted by atomic mass is 16.2. The van der Waals surface area contributed by atoms with E-state index in [9.17, 15) is 28.8 Å². The van der Waals surface area contributed by atoms with E-state index in [-0.39, 0.29) is 59.7 Å². The van der Waals surface area contributed by atoms with Gasteiger partial charge in [0, 0.05) is 19.0 Å². The summed E-state index contributed by atoms with van der Waals surface area (Å²) in [7, 11) is 0. The molecule has 0 spiro atoms. The third-order valence-electron chi connectivity index (χ3n) is 10.9. The zero-order chi connectivity index (χ0) is 34.9. The van der Waals surface area contributed by atoms with E-state index in [0.29, 0.717) is 25.8 Å². The van der Waals surface area contributed by atoms with Crippen molar-refractivity contribution in [2.75, 3.05) is 13.1 Å². The topological polar surface area (TPSA) is 154 Å². The number of carbonyl (C=O) groups excluding carboxylic acids is 6. The molecule has 0 aromatic heterocycles. The van der Waals surface area contributed by atoms with Gasteiger partial charge >= 0.3 is 6.03 Å². The Labute approximate surface area is 283 Å². The van der Waals surface area contributed by atoms with Gasteiger partial charge in [-0.25, -0.2) is 4.79 Å². The lowest BCUT2D eigenvalue weighted by atomic mass is 9.93. The molecule has 1 unspecified atom stereocenters. The minimum absolute atomic E-state index is 0.0178. The number of ketones is 2. The van der Waals surface area contributed by atoms with E-state index < -0.39 is 47.8 Å². The van der Waals surface area contributed by atoms with Crippen LogP contribution in [0, 0.1) is 35.0 Å². The van der Waals surface area contributed by atoms with Crippen LogP contribution in [0.5, 0.6) is 0 Å². The molecular weight excluding hydrogens is 610 g/mol. The van der Waals surface area contributed by atoms with Crippen LogP contribution in [0.4, 0.5) is 4.79 Å². The van der Waals surface area contributed by atoms with Gasteiger partial charge in [0.1, 0.15) is 12.1 Å². The van der Waals surface area contributed by atoms with Crippen LogP contribution in [-0.2, 0) is 36.8 Å². The first-order valence-electron chi connectivity index (χ1n) is 17.5. The molecule has 0 radical (unpaired) electrons. The zero-order valence-electron chi connectivity index (χ0n) is 28.8. The van der Waals surface area contributed by atoms with Crippen LogP contribution < -0.4 is 21.3 Å². The number of fused-ring (bicyclic) bond motifs is 2. The smallest absolute Gasteiger partial charge is 0.316 e. The molecule has 1 saturated heterocycles. The highest BCUT2D eigenvalue weighted by Crippen LogP contribution is 2.65. The fourth-order valence-corrected chi connectivity index (χ4v) is 7.94. The monoisotopic (exact) mass is 661 g/mol. The molecule has 48 heavy (non-hydrogen) atoms. The molecule has 2 saturated carbocycles. The predicted molar refractivity (Wildman–Crippen MR) is 180 cm³/mol. The molecular formula is C37H51N5O6. The lowest BCUT2D eigenvalue weighted by molar-refractivity contribution is -0.144. The lowest BCUT2D eigenvalue weighted by Gasteiger charge is -2.35. The summed E-state index contributed by atoms with van der Waals surface area (Å²) in [5, 5.41) is 11.1. The standard InChI is InChI=1S/C37H51N5O6/c1-7-11-26(32(44)34(46)38-16-8-2)39-33(45)30-27-25(37(27,5)6)19-42(30)35(47)29(24-17-22-12-9-10-13-23(22)18-24)41-36(48)40-28(20(3)4)31(43)21-14-15-21/h8-10,12-13,20-21,24-30H,2,7,11,14-19H2,1,3-6H3,(H,38,46)(H,39,45)(H2,40,41,48)/t25-,26?,27-,28-,29-,30-/m0/s1. The number of urea groups is 1. The van der Waals surface area contributed by atoms with Gasteiger partial charge in [-0.1, -0.05) is 71.4 Å². The Bertz CT molecular complexity index is 1440. The minimum atomic E-state index is -1.04. The maximum Gasteiger partial charge on any atom is 0.316 e. The average molecular weight is 662 g/mol. The number of nitrogens with one attached hydrogen (secondary N) is 4. The zero-order valence-corrected chi connectivity index (χ0v) is 28.8. The van der Waals surface area contributed by atoms with E-state index in [1.54, 1.807) is 4.90 Å². The van der Waals surface area contributed by atoms with E-state index in [4.69, 9.17) is 0 Å².